The Kier molecular flexibility index (Phi) is 3.20. The topological polar surface area (TPSA) is 68.0 Å². The van der Waals surface area contributed by atoms with Gasteiger partial charge in [-0.2, -0.15) is 13.2 Å². The number of rotatable bonds is 2. The van der Waals surface area contributed by atoms with E-state index in [1.54, 1.807) is 0 Å². The summed E-state index contributed by atoms with van der Waals surface area (Å²) in [5.74, 6) is -2.77. The van der Waals surface area contributed by atoms with Crippen molar-refractivity contribution in [3.63, 3.8) is 0 Å². The molecule has 0 aliphatic carbocycles. The average Bonchev–Trinajstić information content (AvgIpc) is 2.70. The molecular formula is C11H7F4N3O2. The maximum Gasteiger partial charge on any atom is 0.419 e. The third-order valence-electron chi connectivity index (χ3n) is 2.60. The van der Waals surface area contributed by atoms with E-state index in [4.69, 9.17) is 5.11 Å². The summed E-state index contributed by atoms with van der Waals surface area (Å²) in [6.07, 6.45) is -4.86. The second-order valence-corrected chi connectivity index (χ2v) is 3.90. The molecule has 1 aromatic carbocycles. The molecule has 0 spiro atoms. The molecule has 2 aromatic rings. The van der Waals surface area contributed by atoms with Crippen LogP contribution in [-0.4, -0.2) is 26.1 Å². The molecule has 0 fully saturated rings. The molecule has 5 nitrogen and oxygen atoms in total. The molecule has 1 N–H and O–H groups in total. The summed E-state index contributed by atoms with van der Waals surface area (Å²) in [5.41, 5.74) is -1.93. The van der Waals surface area contributed by atoms with Crippen LogP contribution >= 0.6 is 0 Å². The summed E-state index contributed by atoms with van der Waals surface area (Å²) in [7, 11) is 0. The SMILES string of the molecule is Cc1c(C(=O)O)nnn1-c1ccc(F)c(C(F)(F)F)c1. The van der Waals surface area contributed by atoms with Crippen LogP contribution in [0.4, 0.5) is 17.6 Å². The van der Waals surface area contributed by atoms with Crippen LogP contribution in [0.5, 0.6) is 0 Å². The van der Waals surface area contributed by atoms with Gasteiger partial charge < -0.3 is 5.11 Å². The highest BCUT2D eigenvalue weighted by atomic mass is 19.4. The van der Waals surface area contributed by atoms with Gasteiger partial charge in [0.15, 0.2) is 5.69 Å². The van der Waals surface area contributed by atoms with Gasteiger partial charge >= 0.3 is 12.1 Å². The number of hydrogen-bond acceptors (Lipinski definition) is 3. The van der Waals surface area contributed by atoms with Gasteiger partial charge in [0.25, 0.3) is 0 Å². The molecule has 0 bridgehead atoms. The number of benzene rings is 1. The number of aromatic nitrogens is 3. The molecule has 2 rings (SSSR count). The van der Waals surface area contributed by atoms with Crippen molar-refractivity contribution in [3.05, 3.63) is 41.0 Å². The van der Waals surface area contributed by atoms with Gasteiger partial charge in [0.2, 0.25) is 0 Å². The van der Waals surface area contributed by atoms with Gasteiger partial charge in [-0.15, -0.1) is 5.10 Å². The molecule has 20 heavy (non-hydrogen) atoms. The van der Waals surface area contributed by atoms with E-state index >= 15 is 0 Å². The van der Waals surface area contributed by atoms with Crippen LogP contribution in [0.15, 0.2) is 18.2 Å². The Balaban J connectivity index is 2.57. The Hall–Kier alpha value is -2.45. The smallest absolute Gasteiger partial charge is 0.419 e. The van der Waals surface area contributed by atoms with Crippen molar-refractivity contribution < 1.29 is 27.5 Å². The van der Waals surface area contributed by atoms with Crippen LogP contribution < -0.4 is 0 Å². The van der Waals surface area contributed by atoms with Gasteiger partial charge in [0.05, 0.1) is 16.9 Å². The summed E-state index contributed by atoms with van der Waals surface area (Å²) in [5, 5.41) is 15.6. The predicted octanol–water partition coefficient (Wildman–Crippen LogP) is 2.43. The minimum absolute atomic E-state index is 0.0391. The highest BCUT2D eigenvalue weighted by Crippen LogP contribution is 2.32. The van der Waals surface area contributed by atoms with E-state index in [9.17, 15) is 22.4 Å². The Morgan fingerprint density at radius 1 is 1.35 bits per heavy atom. The lowest BCUT2D eigenvalue weighted by Crippen LogP contribution is -2.10. The van der Waals surface area contributed by atoms with E-state index in [-0.39, 0.29) is 17.1 Å². The van der Waals surface area contributed by atoms with E-state index in [1.165, 1.54) is 6.92 Å². The summed E-state index contributed by atoms with van der Waals surface area (Å²) < 4.78 is 51.9. The molecule has 0 unspecified atom stereocenters. The Bertz CT molecular complexity index is 679. The zero-order chi connectivity index (χ0) is 15.1. The van der Waals surface area contributed by atoms with Gasteiger partial charge in [0.1, 0.15) is 5.82 Å². The second kappa shape index (κ2) is 4.58. The van der Waals surface area contributed by atoms with Crippen molar-refractivity contribution >= 4 is 5.97 Å². The molecule has 106 valence electrons. The van der Waals surface area contributed by atoms with E-state index in [1.807, 2.05) is 0 Å². The van der Waals surface area contributed by atoms with Crippen LogP contribution in [0.1, 0.15) is 21.7 Å². The number of halogens is 4. The zero-order valence-electron chi connectivity index (χ0n) is 9.94. The normalized spacial score (nSPS) is 11.7. The first-order valence-electron chi connectivity index (χ1n) is 5.24. The highest BCUT2D eigenvalue weighted by molar-refractivity contribution is 5.86. The van der Waals surface area contributed by atoms with Crippen LogP contribution in [0.3, 0.4) is 0 Å². The molecule has 1 heterocycles. The lowest BCUT2D eigenvalue weighted by atomic mass is 10.1. The van der Waals surface area contributed by atoms with Crippen LogP contribution in [-0.2, 0) is 6.18 Å². The van der Waals surface area contributed by atoms with Gasteiger partial charge in [-0.1, -0.05) is 5.21 Å². The minimum Gasteiger partial charge on any atom is -0.476 e. The molecular weight excluding hydrogens is 282 g/mol. The number of carbonyl (C=O) groups is 1. The van der Waals surface area contributed by atoms with Gasteiger partial charge in [-0.05, 0) is 25.1 Å². The molecule has 1 aromatic heterocycles. The Labute approximate surface area is 109 Å². The lowest BCUT2D eigenvalue weighted by Gasteiger charge is -2.10. The number of nitrogens with zero attached hydrogens (tertiary/aromatic N) is 3. The van der Waals surface area contributed by atoms with E-state index in [2.05, 4.69) is 10.3 Å². The summed E-state index contributed by atoms with van der Waals surface area (Å²) >= 11 is 0. The van der Waals surface area contributed by atoms with Crippen molar-refractivity contribution in [2.75, 3.05) is 0 Å². The maximum absolute atomic E-state index is 13.2. The number of aromatic carboxylic acids is 1. The molecule has 0 amide bonds. The van der Waals surface area contributed by atoms with Crippen molar-refractivity contribution in [3.8, 4) is 5.69 Å². The zero-order valence-corrected chi connectivity index (χ0v) is 9.94. The third-order valence-corrected chi connectivity index (χ3v) is 2.60. The first-order valence-corrected chi connectivity index (χ1v) is 5.24. The highest BCUT2D eigenvalue weighted by Gasteiger charge is 2.34. The number of carboxylic acid groups (broad SMARTS) is 1. The van der Waals surface area contributed by atoms with E-state index in [0.717, 1.165) is 10.7 Å². The Morgan fingerprint density at radius 3 is 2.50 bits per heavy atom. The van der Waals surface area contributed by atoms with Gasteiger partial charge in [0, 0.05) is 0 Å². The van der Waals surface area contributed by atoms with E-state index < -0.39 is 23.5 Å². The maximum atomic E-state index is 13.2. The second-order valence-electron chi connectivity index (χ2n) is 3.90. The fraction of sp³-hybridized carbons (Fsp3) is 0.182. The van der Waals surface area contributed by atoms with Crippen molar-refractivity contribution in [2.24, 2.45) is 0 Å². The van der Waals surface area contributed by atoms with Crippen molar-refractivity contribution in [1.82, 2.24) is 15.0 Å². The first kappa shape index (κ1) is 14.0. The number of carboxylic acids is 1. The third kappa shape index (κ3) is 2.33. The summed E-state index contributed by atoms with van der Waals surface area (Å²) in [6, 6.07) is 2.24. The van der Waals surface area contributed by atoms with Crippen LogP contribution in [0.25, 0.3) is 5.69 Å². The molecule has 0 aliphatic rings. The summed E-state index contributed by atoms with van der Waals surface area (Å²) in [6.45, 7) is 1.33. The summed E-state index contributed by atoms with van der Waals surface area (Å²) in [4.78, 5) is 10.8. The lowest BCUT2D eigenvalue weighted by molar-refractivity contribution is -0.140. The minimum atomic E-state index is -4.86. The number of alkyl halides is 3. The average molecular weight is 289 g/mol. The quantitative estimate of drug-likeness (QED) is 0.862. The molecule has 0 saturated heterocycles. The first-order chi connectivity index (χ1) is 9.21. The van der Waals surface area contributed by atoms with Gasteiger partial charge in [-0.3, -0.25) is 0 Å². The van der Waals surface area contributed by atoms with Crippen LogP contribution in [0.2, 0.25) is 0 Å². The number of hydrogen-bond donors (Lipinski definition) is 1. The molecule has 9 heteroatoms. The van der Waals surface area contributed by atoms with E-state index in [0.29, 0.717) is 12.1 Å². The molecule has 0 aliphatic heterocycles. The standard InChI is InChI=1S/C11H7F4N3O2/c1-5-9(10(19)20)16-17-18(5)6-2-3-8(12)7(4-6)11(13,14)15/h2-4H,1H3,(H,19,20). The Morgan fingerprint density at radius 2 is 2.00 bits per heavy atom. The molecule has 0 atom stereocenters. The van der Waals surface area contributed by atoms with Crippen molar-refractivity contribution in [1.29, 1.82) is 0 Å². The monoisotopic (exact) mass is 289 g/mol. The largest absolute Gasteiger partial charge is 0.476 e. The fourth-order valence-corrected chi connectivity index (χ4v) is 1.63. The van der Waals surface area contributed by atoms with Crippen LogP contribution in [0, 0.1) is 12.7 Å². The van der Waals surface area contributed by atoms with Gasteiger partial charge in [-0.25, -0.2) is 13.9 Å². The fourth-order valence-electron chi connectivity index (χ4n) is 1.63. The van der Waals surface area contributed by atoms with Crippen molar-refractivity contribution in [2.45, 2.75) is 13.1 Å². The molecule has 0 radical (unpaired) electrons. The molecule has 0 saturated carbocycles. The predicted molar refractivity (Wildman–Crippen MR) is 58.0 cm³/mol.